The summed E-state index contributed by atoms with van der Waals surface area (Å²) < 4.78 is 5.09. The quantitative estimate of drug-likeness (QED) is 0.691. The first-order valence-electron chi connectivity index (χ1n) is 7.25. The zero-order valence-electron chi connectivity index (χ0n) is 12.6. The average molecular weight is 311 g/mol. The second-order valence-electron chi connectivity index (χ2n) is 5.25. The summed E-state index contributed by atoms with van der Waals surface area (Å²) in [6, 6.07) is 10.6. The van der Waals surface area contributed by atoms with Gasteiger partial charge in [-0.25, -0.2) is 4.79 Å². The van der Waals surface area contributed by atoms with Crippen LogP contribution in [0.2, 0.25) is 0 Å². The van der Waals surface area contributed by atoms with E-state index < -0.39 is 12.1 Å². The Hall–Kier alpha value is -2.86. The van der Waals surface area contributed by atoms with E-state index in [1.165, 1.54) is 6.26 Å². The van der Waals surface area contributed by atoms with Gasteiger partial charge in [0.15, 0.2) is 0 Å². The van der Waals surface area contributed by atoms with E-state index in [0.29, 0.717) is 11.4 Å². The fourth-order valence-electron chi connectivity index (χ4n) is 2.37. The third-order valence-corrected chi connectivity index (χ3v) is 3.42. The van der Waals surface area contributed by atoms with E-state index in [1.807, 2.05) is 31.2 Å². The third kappa shape index (κ3) is 3.49. The first-order valence-corrected chi connectivity index (χ1v) is 7.25. The van der Waals surface area contributed by atoms with Crippen LogP contribution in [0.3, 0.4) is 0 Å². The molecule has 1 unspecified atom stereocenters. The molecule has 0 saturated carbocycles. The van der Waals surface area contributed by atoms with E-state index in [-0.39, 0.29) is 6.54 Å². The number of aryl methyl sites for hydroxylation is 1. The summed E-state index contributed by atoms with van der Waals surface area (Å²) in [6.45, 7) is 2.01. The summed E-state index contributed by atoms with van der Waals surface area (Å²) in [5, 5.41) is 16.2. The number of aromatic nitrogens is 1. The zero-order valence-corrected chi connectivity index (χ0v) is 12.6. The van der Waals surface area contributed by atoms with E-state index in [1.54, 1.807) is 18.3 Å². The molecule has 1 atom stereocenters. The van der Waals surface area contributed by atoms with E-state index in [9.17, 15) is 9.90 Å². The lowest BCUT2D eigenvalue weighted by Gasteiger charge is -2.12. The predicted molar refractivity (Wildman–Crippen MR) is 87.2 cm³/mol. The summed E-state index contributed by atoms with van der Waals surface area (Å²) in [4.78, 5) is 16.4. The van der Waals surface area contributed by atoms with E-state index in [4.69, 9.17) is 4.42 Å². The number of urea groups is 1. The number of carbonyl (C=O) groups is 1. The number of anilines is 1. The minimum Gasteiger partial charge on any atom is -0.467 e. The highest BCUT2D eigenvalue weighted by atomic mass is 16.4. The highest BCUT2D eigenvalue weighted by Gasteiger charge is 2.13. The minimum absolute atomic E-state index is 0.0521. The molecule has 3 rings (SSSR count). The molecule has 0 fully saturated rings. The number of amides is 2. The van der Waals surface area contributed by atoms with Crippen molar-refractivity contribution >= 4 is 22.6 Å². The lowest BCUT2D eigenvalue weighted by Crippen LogP contribution is -2.32. The van der Waals surface area contributed by atoms with Crippen molar-refractivity contribution in [1.82, 2.24) is 10.3 Å². The summed E-state index contributed by atoms with van der Waals surface area (Å²) in [5.41, 5.74) is 2.38. The molecule has 0 bridgehead atoms. The monoisotopic (exact) mass is 311 g/mol. The third-order valence-electron chi connectivity index (χ3n) is 3.42. The molecule has 0 saturated heterocycles. The molecule has 2 aromatic heterocycles. The number of aliphatic hydroxyl groups is 1. The van der Waals surface area contributed by atoms with Crippen molar-refractivity contribution in [3.63, 3.8) is 0 Å². The number of benzene rings is 1. The number of nitrogens with zero attached hydrogens (tertiary/aromatic N) is 1. The first kappa shape index (κ1) is 15.1. The number of nitrogens with one attached hydrogen (secondary N) is 2. The van der Waals surface area contributed by atoms with Crippen LogP contribution >= 0.6 is 0 Å². The van der Waals surface area contributed by atoms with E-state index >= 15 is 0 Å². The molecule has 0 aliphatic carbocycles. The van der Waals surface area contributed by atoms with Crippen molar-refractivity contribution in [3.05, 3.63) is 60.2 Å². The Bertz CT molecular complexity index is 815. The molecule has 0 radical (unpaired) electrons. The van der Waals surface area contributed by atoms with Gasteiger partial charge in [-0.15, -0.1) is 0 Å². The number of fused-ring (bicyclic) bond motifs is 1. The highest BCUT2D eigenvalue weighted by molar-refractivity contribution is 5.99. The molecule has 6 heteroatoms. The number of furan rings is 1. The van der Waals surface area contributed by atoms with Crippen LogP contribution in [0.4, 0.5) is 10.5 Å². The standard InChI is InChI=1S/C17H17N3O3/c1-11-8-12-4-2-6-18-16(12)13(9-11)20-17(22)19-10-14(21)15-5-3-7-23-15/h2-9,14,21H,10H2,1H3,(H2,19,20,22). The SMILES string of the molecule is Cc1cc(NC(=O)NCC(O)c2ccco2)c2ncccc2c1. The summed E-state index contributed by atoms with van der Waals surface area (Å²) in [6.07, 6.45) is 2.27. The number of carbonyl (C=O) groups excluding carboxylic acids is 1. The van der Waals surface area contributed by atoms with Crippen LogP contribution in [-0.4, -0.2) is 22.7 Å². The molecule has 3 N–H and O–H groups in total. The Morgan fingerprint density at radius 1 is 1.35 bits per heavy atom. The summed E-state index contributed by atoms with van der Waals surface area (Å²) in [5.74, 6) is 0.410. The Morgan fingerprint density at radius 3 is 3.00 bits per heavy atom. The summed E-state index contributed by atoms with van der Waals surface area (Å²) >= 11 is 0. The molecule has 2 heterocycles. The van der Waals surface area contributed by atoms with Crippen LogP contribution in [0.1, 0.15) is 17.4 Å². The lowest BCUT2D eigenvalue weighted by atomic mass is 10.1. The van der Waals surface area contributed by atoms with Gasteiger partial charge in [0, 0.05) is 11.6 Å². The minimum atomic E-state index is -0.886. The average Bonchev–Trinajstić information content (AvgIpc) is 3.07. The van der Waals surface area contributed by atoms with Crippen LogP contribution in [0.25, 0.3) is 10.9 Å². The predicted octanol–water partition coefficient (Wildman–Crippen LogP) is 2.99. The fourth-order valence-corrected chi connectivity index (χ4v) is 2.37. The molecule has 3 aromatic rings. The number of aliphatic hydroxyl groups excluding tert-OH is 1. The Balaban J connectivity index is 1.68. The molecular formula is C17H17N3O3. The van der Waals surface area contributed by atoms with Crippen molar-refractivity contribution in [3.8, 4) is 0 Å². The molecule has 118 valence electrons. The van der Waals surface area contributed by atoms with Crippen molar-refractivity contribution in [2.75, 3.05) is 11.9 Å². The smallest absolute Gasteiger partial charge is 0.319 e. The van der Waals surface area contributed by atoms with Crippen LogP contribution in [0.5, 0.6) is 0 Å². The van der Waals surface area contributed by atoms with Gasteiger partial charge < -0.3 is 20.2 Å². The molecule has 6 nitrogen and oxygen atoms in total. The number of hydrogen-bond donors (Lipinski definition) is 3. The van der Waals surface area contributed by atoms with Gasteiger partial charge in [-0.2, -0.15) is 0 Å². The van der Waals surface area contributed by atoms with Gasteiger partial charge >= 0.3 is 6.03 Å². The molecule has 0 aliphatic heterocycles. The number of hydrogen-bond acceptors (Lipinski definition) is 4. The van der Waals surface area contributed by atoms with Crippen LogP contribution in [0.15, 0.2) is 53.3 Å². The number of pyridine rings is 1. The topological polar surface area (TPSA) is 87.4 Å². The Labute approximate surface area is 133 Å². The van der Waals surface area contributed by atoms with Gasteiger partial charge in [0.2, 0.25) is 0 Å². The first-order chi connectivity index (χ1) is 11.1. The molecule has 2 amide bonds. The largest absolute Gasteiger partial charge is 0.467 e. The maximum Gasteiger partial charge on any atom is 0.319 e. The maximum absolute atomic E-state index is 12.0. The maximum atomic E-state index is 12.0. The van der Waals surface area contributed by atoms with Gasteiger partial charge in [0.1, 0.15) is 11.9 Å². The van der Waals surface area contributed by atoms with Crippen molar-refractivity contribution < 1.29 is 14.3 Å². The van der Waals surface area contributed by atoms with Gasteiger partial charge in [0.05, 0.1) is 24.0 Å². The van der Waals surface area contributed by atoms with Gasteiger partial charge in [-0.3, -0.25) is 4.98 Å². The van der Waals surface area contributed by atoms with E-state index in [0.717, 1.165) is 16.5 Å². The highest BCUT2D eigenvalue weighted by Crippen LogP contribution is 2.23. The fraction of sp³-hybridized carbons (Fsp3) is 0.176. The van der Waals surface area contributed by atoms with Gasteiger partial charge in [-0.1, -0.05) is 6.07 Å². The second kappa shape index (κ2) is 6.50. The Morgan fingerprint density at radius 2 is 2.22 bits per heavy atom. The number of rotatable bonds is 4. The van der Waals surface area contributed by atoms with Crippen LogP contribution in [0, 0.1) is 6.92 Å². The molecular weight excluding hydrogens is 294 g/mol. The lowest BCUT2D eigenvalue weighted by molar-refractivity contribution is 0.149. The summed E-state index contributed by atoms with van der Waals surface area (Å²) in [7, 11) is 0. The van der Waals surface area contributed by atoms with Crippen LogP contribution in [-0.2, 0) is 0 Å². The van der Waals surface area contributed by atoms with Crippen molar-refractivity contribution in [1.29, 1.82) is 0 Å². The molecule has 0 aliphatic rings. The molecule has 23 heavy (non-hydrogen) atoms. The normalized spacial score (nSPS) is 12.1. The molecule has 0 spiro atoms. The van der Waals surface area contributed by atoms with Crippen molar-refractivity contribution in [2.24, 2.45) is 0 Å². The van der Waals surface area contributed by atoms with Gasteiger partial charge in [0.25, 0.3) is 0 Å². The van der Waals surface area contributed by atoms with Crippen molar-refractivity contribution in [2.45, 2.75) is 13.0 Å². The van der Waals surface area contributed by atoms with Crippen LogP contribution < -0.4 is 10.6 Å². The van der Waals surface area contributed by atoms with Gasteiger partial charge in [-0.05, 0) is 42.8 Å². The Kier molecular flexibility index (Phi) is 4.25. The zero-order chi connectivity index (χ0) is 16.2. The van der Waals surface area contributed by atoms with E-state index in [2.05, 4.69) is 15.6 Å². The second-order valence-corrected chi connectivity index (χ2v) is 5.25. The molecule has 1 aromatic carbocycles.